The highest BCUT2D eigenvalue weighted by Gasteiger charge is 2.29. The highest BCUT2D eigenvalue weighted by molar-refractivity contribution is 7.92. The van der Waals surface area contributed by atoms with Gasteiger partial charge in [0.2, 0.25) is 0 Å². The van der Waals surface area contributed by atoms with Crippen molar-refractivity contribution in [3.63, 3.8) is 0 Å². The minimum atomic E-state index is -4.05. The molecule has 8 nitrogen and oxygen atoms in total. The number of carbonyl (C=O) groups is 1. The fraction of sp³-hybridized carbons (Fsp3) is 0.316. The normalized spacial score (nSPS) is 13.0. The van der Waals surface area contributed by atoms with E-state index in [1.54, 1.807) is 25.1 Å². The number of anilines is 1. The van der Waals surface area contributed by atoms with Crippen molar-refractivity contribution in [1.82, 2.24) is 0 Å². The maximum Gasteiger partial charge on any atom is 0.326 e. The van der Waals surface area contributed by atoms with Gasteiger partial charge >= 0.3 is 5.97 Å². The van der Waals surface area contributed by atoms with Gasteiger partial charge in [0.15, 0.2) is 11.5 Å². The summed E-state index contributed by atoms with van der Waals surface area (Å²) in [4.78, 5) is 12.0. The second-order valence-electron chi connectivity index (χ2n) is 6.05. The number of sulfonamides is 1. The second kappa shape index (κ2) is 7.97. The molecule has 0 aromatic heterocycles. The summed E-state index contributed by atoms with van der Waals surface area (Å²) >= 11 is 0. The lowest BCUT2D eigenvalue weighted by atomic mass is 10.2. The van der Waals surface area contributed by atoms with Crippen molar-refractivity contribution in [2.45, 2.75) is 11.8 Å². The van der Waals surface area contributed by atoms with Crippen LogP contribution in [0.1, 0.15) is 5.56 Å². The third-order valence-electron chi connectivity index (χ3n) is 4.27. The molecule has 0 saturated carbocycles. The van der Waals surface area contributed by atoms with Gasteiger partial charge in [0.25, 0.3) is 10.0 Å². The molecule has 0 saturated heterocycles. The number of rotatable bonds is 6. The van der Waals surface area contributed by atoms with Gasteiger partial charge in [-0.25, -0.2) is 8.42 Å². The quantitative estimate of drug-likeness (QED) is 0.678. The average Bonchev–Trinajstić information content (AvgIpc) is 2.71. The first-order valence-electron chi connectivity index (χ1n) is 8.50. The van der Waals surface area contributed by atoms with E-state index in [-0.39, 0.29) is 10.6 Å². The van der Waals surface area contributed by atoms with Crippen LogP contribution < -0.4 is 18.5 Å². The van der Waals surface area contributed by atoms with Crippen LogP contribution in [0.15, 0.2) is 41.3 Å². The van der Waals surface area contributed by atoms with Gasteiger partial charge in [0, 0.05) is 6.07 Å². The molecular weight excluding hydrogens is 386 g/mol. The molecule has 28 heavy (non-hydrogen) atoms. The smallest absolute Gasteiger partial charge is 0.326 e. The van der Waals surface area contributed by atoms with E-state index in [2.05, 4.69) is 4.74 Å². The van der Waals surface area contributed by atoms with Crippen molar-refractivity contribution in [2.75, 3.05) is 38.3 Å². The van der Waals surface area contributed by atoms with E-state index in [4.69, 9.17) is 14.2 Å². The predicted molar refractivity (Wildman–Crippen MR) is 102 cm³/mol. The molecule has 0 unspecified atom stereocenters. The highest BCUT2D eigenvalue weighted by Crippen LogP contribution is 2.36. The summed E-state index contributed by atoms with van der Waals surface area (Å²) < 4.78 is 48.5. The average molecular weight is 407 g/mol. The van der Waals surface area contributed by atoms with E-state index in [1.807, 2.05) is 0 Å². The van der Waals surface area contributed by atoms with Crippen LogP contribution in [-0.4, -0.2) is 48.4 Å². The van der Waals surface area contributed by atoms with Crippen molar-refractivity contribution in [1.29, 1.82) is 0 Å². The Morgan fingerprint density at radius 1 is 1.07 bits per heavy atom. The van der Waals surface area contributed by atoms with E-state index >= 15 is 0 Å². The van der Waals surface area contributed by atoms with Crippen LogP contribution in [0.25, 0.3) is 0 Å². The molecule has 0 amide bonds. The molecule has 0 radical (unpaired) electrons. The molecule has 150 valence electrons. The van der Waals surface area contributed by atoms with E-state index in [1.165, 1.54) is 32.4 Å². The van der Waals surface area contributed by atoms with Crippen LogP contribution >= 0.6 is 0 Å². The van der Waals surface area contributed by atoms with Crippen LogP contribution in [0.5, 0.6) is 17.2 Å². The summed E-state index contributed by atoms with van der Waals surface area (Å²) in [5.41, 5.74) is 0.923. The fourth-order valence-electron chi connectivity index (χ4n) is 2.82. The van der Waals surface area contributed by atoms with Gasteiger partial charge in [-0.05, 0) is 42.8 Å². The summed E-state index contributed by atoms with van der Waals surface area (Å²) in [5.74, 6) is 0.812. The molecule has 2 aromatic rings. The van der Waals surface area contributed by atoms with Crippen LogP contribution in [0.2, 0.25) is 0 Å². The lowest BCUT2D eigenvalue weighted by molar-refractivity contribution is -0.138. The van der Waals surface area contributed by atoms with Gasteiger partial charge in [-0.15, -0.1) is 0 Å². The Morgan fingerprint density at radius 3 is 2.43 bits per heavy atom. The van der Waals surface area contributed by atoms with Gasteiger partial charge in [0.05, 0.1) is 24.8 Å². The molecule has 3 rings (SSSR count). The van der Waals surface area contributed by atoms with Gasteiger partial charge in [-0.3, -0.25) is 9.10 Å². The number of hydrogen-bond donors (Lipinski definition) is 0. The van der Waals surface area contributed by atoms with Crippen molar-refractivity contribution >= 4 is 21.7 Å². The molecule has 1 heterocycles. The zero-order valence-corrected chi connectivity index (χ0v) is 16.6. The first-order chi connectivity index (χ1) is 13.4. The Hall–Kier alpha value is -2.94. The third-order valence-corrected chi connectivity index (χ3v) is 6.04. The standard InChI is InChI=1S/C19H21NO7S/c1-13-10-15(5-7-16(13)24-2)28(22,23)20(12-19(21)25-3)14-4-6-17-18(11-14)27-9-8-26-17/h4-7,10-11H,8-9,12H2,1-3H3. The van der Waals surface area contributed by atoms with Gasteiger partial charge < -0.3 is 18.9 Å². The van der Waals surface area contributed by atoms with E-state index < -0.39 is 22.5 Å². The number of methoxy groups -OCH3 is 2. The molecule has 1 aliphatic rings. The number of ether oxygens (including phenoxy) is 4. The van der Waals surface area contributed by atoms with E-state index in [0.717, 1.165) is 4.31 Å². The second-order valence-corrected chi connectivity index (χ2v) is 7.91. The lowest BCUT2D eigenvalue weighted by Gasteiger charge is -2.26. The SMILES string of the molecule is COC(=O)CN(c1ccc2c(c1)OCCO2)S(=O)(=O)c1ccc(OC)c(C)c1. The summed E-state index contributed by atoms with van der Waals surface area (Å²) in [6, 6.07) is 9.21. The maximum absolute atomic E-state index is 13.3. The number of benzene rings is 2. The van der Waals surface area contributed by atoms with Crippen LogP contribution in [-0.2, 0) is 19.6 Å². The van der Waals surface area contributed by atoms with Crippen molar-refractivity contribution < 1.29 is 32.2 Å². The first-order valence-corrected chi connectivity index (χ1v) is 9.94. The zero-order chi connectivity index (χ0) is 20.3. The third kappa shape index (κ3) is 3.84. The van der Waals surface area contributed by atoms with Gasteiger partial charge in [-0.2, -0.15) is 0 Å². The lowest BCUT2D eigenvalue weighted by Crippen LogP contribution is -2.36. The highest BCUT2D eigenvalue weighted by atomic mass is 32.2. The van der Waals surface area contributed by atoms with Crippen LogP contribution in [0.3, 0.4) is 0 Å². The largest absolute Gasteiger partial charge is 0.496 e. The van der Waals surface area contributed by atoms with Gasteiger partial charge in [0.1, 0.15) is 25.5 Å². The molecule has 1 aliphatic heterocycles. The van der Waals surface area contributed by atoms with Crippen LogP contribution in [0, 0.1) is 6.92 Å². The number of fused-ring (bicyclic) bond motifs is 1. The minimum Gasteiger partial charge on any atom is -0.496 e. The summed E-state index contributed by atoms with van der Waals surface area (Å²) in [5, 5.41) is 0. The summed E-state index contributed by atoms with van der Waals surface area (Å²) in [6.07, 6.45) is 0. The Kier molecular flexibility index (Phi) is 5.64. The fourth-order valence-corrected chi connectivity index (χ4v) is 4.31. The van der Waals surface area contributed by atoms with Gasteiger partial charge in [-0.1, -0.05) is 0 Å². The first kappa shape index (κ1) is 19.8. The summed E-state index contributed by atoms with van der Waals surface area (Å²) in [7, 11) is -1.34. The molecule has 2 aromatic carbocycles. The van der Waals surface area contributed by atoms with Crippen LogP contribution in [0.4, 0.5) is 5.69 Å². The zero-order valence-electron chi connectivity index (χ0n) is 15.8. The number of aryl methyl sites for hydroxylation is 1. The van der Waals surface area contributed by atoms with E-state index in [0.29, 0.717) is 36.0 Å². The molecule has 0 spiro atoms. The Morgan fingerprint density at radius 2 is 1.79 bits per heavy atom. The molecular formula is C19H21NO7S. The number of hydrogen-bond acceptors (Lipinski definition) is 7. The minimum absolute atomic E-state index is 0.0320. The molecule has 0 atom stereocenters. The Labute approximate surface area is 163 Å². The van der Waals surface area contributed by atoms with Crippen molar-refractivity contribution in [2.24, 2.45) is 0 Å². The number of esters is 1. The number of carbonyl (C=O) groups excluding carboxylic acids is 1. The molecule has 9 heteroatoms. The summed E-state index contributed by atoms with van der Waals surface area (Å²) in [6.45, 7) is 2.04. The maximum atomic E-state index is 13.3. The molecule has 0 bridgehead atoms. The van der Waals surface area contributed by atoms with E-state index in [9.17, 15) is 13.2 Å². The topological polar surface area (TPSA) is 91.4 Å². The molecule has 0 N–H and O–H groups in total. The number of nitrogens with zero attached hydrogens (tertiary/aromatic N) is 1. The molecule has 0 aliphatic carbocycles. The predicted octanol–water partition coefficient (Wildman–Crippen LogP) is 2.14. The molecule has 0 fully saturated rings. The van der Waals surface area contributed by atoms with Crippen molar-refractivity contribution in [3.05, 3.63) is 42.0 Å². The Bertz CT molecular complexity index is 988. The van der Waals surface area contributed by atoms with Crippen molar-refractivity contribution in [3.8, 4) is 17.2 Å². The Balaban J connectivity index is 2.06. The monoisotopic (exact) mass is 407 g/mol.